The molecule has 7 rings (SSSR count). The Morgan fingerprint density at radius 2 is 0.898 bits per heavy atom. The molecule has 12 unspecified atom stereocenters. The van der Waals surface area contributed by atoms with E-state index in [2.05, 4.69) is 42.6 Å². The van der Waals surface area contributed by atoms with Gasteiger partial charge in [0.15, 0.2) is 0 Å². The van der Waals surface area contributed by atoms with Gasteiger partial charge in [-0.25, -0.2) is 16.8 Å². The SMILES string of the molecule is CO[C@@H]1OC(COS(=O)(=O)[O-])[C@@H](O[C@@H]2OC(C)[C@@H](O[C@@H]3OC(COS(=O)(=O)[O-])[C@@H](O[C@@H]4OC(C)[C@@H](O[C@@H]5OC(COS(=O)(=O)[O-])[C@@H](C)[C@H](P[B]B=O)C5N=[N+]=[N-])[C@H](C)C4OC(=O)c4ccccc4)[C@H](OS(=O)(=O)[O-])C3N=[N+]=[N-])[C@@H](OCc3ccccc3)C2OS(=O)(=O)[O-])[C@H](P[B]B=O)C1N=[N+]=[N-].O=C=O.O=C=O. The monoisotopic (exact) mass is 1660 g/mol. The fraction of sp³-hybridized carbons (Fsp3) is 0.694. The Morgan fingerprint density at radius 1 is 0.491 bits per heavy atom. The molecule has 2 aromatic rings. The molecule has 592 valence electrons. The van der Waals surface area contributed by atoms with Gasteiger partial charge in [-0.05, 0) is 17.7 Å². The first-order valence-corrected chi connectivity index (χ1v) is 39.4. The molecule has 108 heavy (non-hydrogen) atoms. The van der Waals surface area contributed by atoms with Crippen molar-refractivity contribution in [3.8, 4) is 0 Å². The van der Waals surface area contributed by atoms with Gasteiger partial charge in [0, 0.05) is 4.91 Å². The van der Waals surface area contributed by atoms with Gasteiger partial charge in [0.25, 0.3) is 0 Å². The molecule has 0 bridgehead atoms. The van der Waals surface area contributed by atoms with E-state index in [4.69, 9.17) is 84.4 Å². The summed E-state index contributed by atoms with van der Waals surface area (Å²) in [6.45, 7) is 3.05. The molecular formula is C49H60B4N9O39P2S5-5. The predicted molar refractivity (Wildman–Crippen MR) is 344 cm³/mol. The normalized spacial score (nSPS) is 33.0. The molecule has 5 aliphatic heterocycles. The molecule has 2 aromatic carbocycles. The molecule has 0 amide bonds. The Labute approximate surface area is 619 Å². The van der Waals surface area contributed by atoms with Gasteiger partial charge in [-0.15, -0.1) is 0 Å². The third-order valence-corrected chi connectivity index (χ3v) is 21.2. The second-order valence-corrected chi connectivity index (χ2v) is 30.5. The van der Waals surface area contributed by atoms with E-state index < -0.39 is 253 Å². The van der Waals surface area contributed by atoms with Crippen LogP contribution in [-0.2, 0) is 165 Å². The minimum absolute atomic E-state index is 0.147. The molecule has 0 spiro atoms. The van der Waals surface area contributed by atoms with E-state index >= 15 is 0 Å². The molecule has 5 fully saturated rings. The number of nitrogens with zero attached hydrogens (tertiary/aromatic N) is 9. The van der Waals surface area contributed by atoms with Crippen molar-refractivity contribution >= 4 is 115 Å². The number of rotatable bonds is 36. The zero-order valence-electron chi connectivity index (χ0n) is 55.8. The molecule has 0 saturated carbocycles. The molecule has 0 N–H and O–H groups in total. The summed E-state index contributed by atoms with van der Waals surface area (Å²) in [5.74, 6) is -3.34. The van der Waals surface area contributed by atoms with Crippen molar-refractivity contribution in [1.82, 2.24) is 0 Å². The van der Waals surface area contributed by atoms with Crippen molar-refractivity contribution in [3.63, 3.8) is 0 Å². The van der Waals surface area contributed by atoms with Crippen molar-refractivity contribution in [2.75, 3.05) is 26.9 Å². The zero-order valence-corrected chi connectivity index (χ0v) is 61.9. The maximum atomic E-state index is 14.2. The van der Waals surface area contributed by atoms with Gasteiger partial charge in [-0.3, -0.25) is 8.37 Å². The maximum Gasteiger partial charge on any atom is 0.373 e. The minimum Gasteiger partial charge on any atom is -0.186 e. The average molecular weight is 1660 g/mol. The van der Waals surface area contributed by atoms with E-state index in [9.17, 15) is 95.7 Å². The first-order valence-electron chi connectivity index (χ1n) is 30.4. The standard InChI is InChI=1S/C47H65B4N9O35P2S5.2CO2/c1-20-26(17-81-98(64,65)66)86-45(30(56-59-53)40(20)96-50-48-62)90-32-21(2)33(89-42(61)25-14-10-7-11-15-25)46(84-22(32)3)92-35-27(18-82-99(67,68)69)88-44(29(55-58-52)37(35)94-101(73,74)75)91-34-23(4)85-47(39(95-102(76,77)78)38(34)80-16-24-12-8-6-9-13-24)93-36-28(19-83-100(70,71)72)87-43(79-5)31(57-60-54)41(36)97-51-49-63;2*2-1-3/h6-15,20-23,26-41,43-47,96-97H,16-19H2,1-5H3,(H,64,65,66)(H,67,68,69)(H,70,71,72)(H,73,74,75)(H,76,77,78);;/p-5/t20-,21+,22?,23?,26?,27?,28?,29?,30?,31?,32+,33?,34-,35-,36-,37-,38-,39?,40+,41-,43-,44+,45+,46+,47+;;/m1../s1. The summed E-state index contributed by atoms with van der Waals surface area (Å²) in [7, 11) is -28.6. The molecule has 0 aromatic heterocycles. The molecule has 5 heterocycles. The van der Waals surface area contributed by atoms with Gasteiger partial charge in [0.05, 0.1) is 6.61 Å². The molecular weight excluding hydrogens is 1600 g/mol. The van der Waals surface area contributed by atoms with Gasteiger partial charge < -0.3 is 9.11 Å². The number of carbonyl (C=O) groups excluding carboxylic acids is 5. The van der Waals surface area contributed by atoms with Crippen LogP contribution in [0.3, 0.4) is 0 Å². The third-order valence-electron chi connectivity index (χ3n) is 16.0. The first-order chi connectivity index (χ1) is 50.8. The first kappa shape index (κ1) is 92.8. The Bertz CT molecular complexity index is 4120. The Balaban J connectivity index is 0.00000337. The van der Waals surface area contributed by atoms with Crippen molar-refractivity contribution in [1.29, 1.82) is 0 Å². The Kier molecular flexibility index (Phi) is 37.2. The van der Waals surface area contributed by atoms with Crippen molar-refractivity contribution < 1.29 is 176 Å². The molecule has 5 saturated heterocycles. The smallest absolute Gasteiger partial charge is 0.186 e. The van der Waals surface area contributed by atoms with Crippen LogP contribution < -0.4 is 0 Å². The number of hydrogen-bond donors (Lipinski definition) is 0. The fourth-order valence-corrected chi connectivity index (χ4v) is 16.0. The van der Waals surface area contributed by atoms with Crippen LogP contribution in [0.1, 0.15) is 43.6 Å². The van der Waals surface area contributed by atoms with Gasteiger partial charge in [0.1, 0.15) is 12.2 Å². The van der Waals surface area contributed by atoms with Crippen LogP contribution in [0.15, 0.2) is 76.0 Å². The Hall–Kier alpha value is -5.77. The Morgan fingerprint density at radius 3 is 1.40 bits per heavy atom. The van der Waals surface area contributed by atoms with Crippen molar-refractivity contribution in [2.24, 2.45) is 27.2 Å². The van der Waals surface area contributed by atoms with Gasteiger partial charge in [-0.1, -0.05) is 41.5 Å². The third kappa shape index (κ3) is 28.5. The maximum absolute atomic E-state index is 14.2. The van der Waals surface area contributed by atoms with E-state index in [0.29, 0.717) is 14.1 Å². The minimum atomic E-state index is -6.21. The second kappa shape index (κ2) is 43.3. The van der Waals surface area contributed by atoms with Crippen molar-refractivity contribution in [3.05, 3.63) is 103 Å². The number of methoxy groups -OCH3 is 1. The number of ether oxygens (including phenoxy) is 12. The molecule has 0 aliphatic carbocycles. The van der Waals surface area contributed by atoms with E-state index in [1.54, 1.807) is 6.07 Å². The van der Waals surface area contributed by atoms with E-state index in [1.165, 1.54) is 82.3 Å². The van der Waals surface area contributed by atoms with Gasteiger partial charge in [-0.2, -0.15) is 19.2 Å². The quantitative estimate of drug-likeness (QED) is 0.0106. The van der Waals surface area contributed by atoms with E-state index in [-0.39, 0.29) is 23.4 Å². The number of hydrogen-bond acceptors (Lipinski definition) is 42. The second-order valence-electron chi connectivity index (χ2n) is 22.7. The summed E-state index contributed by atoms with van der Waals surface area (Å²) in [6, 6.07) is 9.08. The van der Waals surface area contributed by atoms with Crippen LogP contribution in [0, 0.1) is 11.8 Å². The molecule has 5 aliphatic rings. The van der Waals surface area contributed by atoms with E-state index in [0.717, 1.165) is 20.9 Å². The van der Waals surface area contributed by atoms with Crippen LogP contribution in [0.25, 0.3) is 31.3 Å². The number of benzene rings is 2. The fourth-order valence-electron chi connectivity index (χ4n) is 11.7. The topological polar surface area (TPSA) is 709 Å². The zero-order chi connectivity index (χ0) is 80.5. The van der Waals surface area contributed by atoms with Crippen molar-refractivity contribution in [2.45, 2.75) is 175 Å². The van der Waals surface area contributed by atoms with E-state index in [1.807, 2.05) is 0 Å². The summed E-state index contributed by atoms with van der Waals surface area (Å²) < 4.78 is 306. The van der Waals surface area contributed by atoms with Gasteiger partial charge in [0.2, 0.25) is 20.8 Å². The summed E-state index contributed by atoms with van der Waals surface area (Å²) in [6.07, 6.45) is -36.2. The van der Waals surface area contributed by atoms with Crippen LogP contribution in [0.5, 0.6) is 0 Å². The summed E-state index contributed by atoms with van der Waals surface area (Å²) in [4.78, 5) is 55.1. The molecule has 48 nitrogen and oxygen atoms in total. The average Bonchev–Trinajstić information content (AvgIpc) is 0.761. The van der Waals surface area contributed by atoms with Crippen LogP contribution in [-0.4, -0.2) is 278 Å². The summed E-state index contributed by atoms with van der Waals surface area (Å²) in [5.41, 5.74) is 27.5. The number of carbonyl (C=O) groups is 1. The molecule has 59 heteroatoms. The van der Waals surface area contributed by atoms with Crippen LogP contribution in [0.2, 0.25) is 0 Å². The molecule has 2 radical (unpaired) electrons. The molecule has 27 atom stereocenters. The van der Waals surface area contributed by atoms with Crippen LogP contribution in [0.4, 0.5) is 0 Å². The summed E-state index contributed by atoms with van der Waals surface area (Å²) in [5, 5.41) is 11.1. The van der Waals surface area contributed by atoms with Gasteiger partial charge >= 0.3 is 466 Å². The largest absolute Gasteiger partial charge is 0.373 e. The summed E-state index contributed by atoms with van der Waals surface area (Å²) >= 11 is 0. The number of azide groups is 3. The van der Waals surface area contributed by atoms with Crippen LogP contribution >= 0.6 is 16.9 Å². The number of esters is 1. The predicted octanol–water partition coefficient (Wildman–Crippen LogP) is -1.83.